The summed E-state index contributed by atoms with van der Waals surface area (Å²) in [4.78, 5) is 12.7. The van der Waals surface area contributed by atoms with E-state index in [4.69, 9.17) is 5.73 Å². The molecule has 2 aliphatic carbocycles. The SMILES string of the molecule is Cc1ccc(CC(C)NC(=O)C2CC3CCCC(C2)C3N)c(C)c1. The zero-order valence-electron chi connectivity index (χ0n) is 15.3. The number of hydrogen-bond donors (Lipinski definition) is 2. The Balaban J connectivity index is 1.56. The van der Waals surface area contributed by atoms with Gasteiger partial charge in [0.05, 0.1) is 0 Å². The van der Waals surface area contributed by atoms with E-state index in [1.807, 2.05) is 0 Å². The lowest BCUT2D eigenvalue weighted by atomic mass is 9.65. The minimum atomic E-state index is 0.168. The summed E-state index contributed by atoms with van der Waals surface area (Å²) in [5, 5.41) is 3.26. The van der Waals surface area contributed by atoms with E-state index in [-0.39, 0.29) is 17.9 Å². The average molecular weight is 329 g/mol. The van der Waals surface area contributed by atoms with Crippen molar-refractivity contribution in [3.05, 3.63) is 34.9 Å². The molecule has 3 atom stereocenters. The smallest absolute Gasteiger partial charge is 0.223 e. The van der Waals surface area contributed by atoms with Gasteiger partial charge in [-0.15, -0.1) is 0 Å². The van der Waals surface area contributed by atoms with Crippen LogP contribution in [0, 0.1) is 31.6 Å². The molecule has 132 valence electrons. The maximum atomic E-state index is 12.7. The Morgan fingerprint density at radius 1 is 1.25 bits per heavy atom. The molecule has 2 fully saturated rings. The number of amides is 1. The molecule has 1 amide bonds. The van der Waals surface area contributed by atoms with Gasteiger partial charge in [0.2, 0.25) is 5.91 Å². The van der Waals surface area contributed by atoms with Gasteiger partial charge in [-0.2, -0.15) is 0 Å². The second-order valence-corrected chi connectivity index (χ2v) is 8.24. The number of rotatable bonds is 4. The van der Waals surface area contributed by atoms with Gasteiger partial charge in [0.15, 0.2) is 0 Å². The van der Waals surface area contributed by atoms with Crippen LogP contribution >= 0.6 is 0 Å². The van der Waals surface area contributed by atoms with E-state index >= 15 is 0 Å². The summed E-state index contributed by atoms with van der Waals surface area (Å²) >= 11 is 0. The fourth-order valence-electron chi connectivity index (χ4n) is 4.82. The molecule has 1 aromatic carbocycles. The lowest BCUT2D eigenvalue weighted by Gasteiger charge is -2.43. The lowest BCUT2D eigenvalue weighted by Crippen LogP contribution is -2.50. The van der Waals surface area contributed by atoms with E-state index in [2.05, 4.69) is 44.3 Å². The highest BCUT2D eigenvalue weighted by atomic mass is 16.1. The molecule has 3 nitrogen and oxygen atoms in total. The van der Waals surface area contributed by atoms with Crippen LogP contribution in [-0.2, 0) is 11.2 Å². The van der Waals surface area contributed by atoms with E-state index in [1.165, 1.54) is 36.0 Å². The number of nitrogens with one attached hydrogen (secondary N) is 1. The van der Waals surface area contributed by atoms with E-state index < -0.39 is 0 Å². The van der Waals surface area contributed by atoms with Gasteiger partial charge in [-0.25, -0.2) is 0 Å². The number of nitrogens with two attached hydrogens (primary N) is 1. The van der Waals surface area contributed by atoms with Gasteiger partial charge in [0.25, 0.3) is 0 Å². The third kappa shape index (κ3) is 3.83. The summed E-state index contributed by atoms with van der Waals surface area (Å²) in [6.07, 6.45) is 6.58. The first-order chi connectivity index (χ1) is 11.4. The Morgan fingerprint density at radius 2 is 1.92 bits per heavy atom. The number of carbonyl (C=O) groups is 1. The molecule has 2 bridgehead atoms. The van der Waals surface area contributed by atoms with Crippen LogP contribution in [0.3, 0.4) is 0 Å². The molecule has 0 saturated heterocycles. The van der Waals surface area contributed by atoms with Crippen LogP contribution in [0.15, 0.2) is 18.2 Å². The maximum Gasteiger partial charge on any atom is 0.223 e. The zero-order chi connectivity index (χ0) is 17.3. The summed E-state index contributed by atoms with van der Waals surface area (Å²) in [7, 11) is 0. The summed E-state index contributed by atoms with van der Waals surface area (Å²) in [5.41, 5.74) is 10.3. The molecule has 0 aromatic heterocycles. The van der Waals surface area contributed by atoms with Crippen molar-refractivity contribution in [2.24, 2.45) is 23.5 Å². The molecule has 3 unspecified atom stereocenters. The Morgan fingerprint density at radius 3 is 2.54 bits per heavy atom. The van der Waals surface area contributed by atoms with E-state index in [1.54, 1.807) is 0 Å². The van der Waals surface area contributed by atoms with Crippen LogP contribution < -0.4 is 11.1 Å². The van der Waals surface area contributed by atoms with Crippen molar-refractivity contribution in [2.75, 3.05) is 0 Å². The fourth-order valence-corrected chi connectivity index (χ4v) is 4.82. The second kappa shape index (κ2) is 7.26. The largest absolute Gasteiger partial charge is 0.353 e. The first-order valence-corrected chi connectivity index (χ1v) is 9.56. The third-order valence-electron chi connectivity index (χ3n) is 6.20. The van der Waals surface area contributed by atoms with Crippen molar-refractivity contribution >= 4 is 5.91 Å². The first-order valence-electron chi connectivity index (χ1n) is 9.56. The Labute approximate surface area is 146 Å². The van der Waals surface area contributed by atoms with Crippen LogP contribution in [0.4, 0.5) is 0 Å². The minimum absolute atomic E-state index is 0.168. The molecule has 0 spiro atoms. The van der Waals surface area contributed by atoms with Gasteiger partial charge >= 0.3 is 0 Å². The molecular formula is C21H32N2O. The van der Waals surface area contributed by atoms with E-state index in [0.29, 0.717) is 17.9 Å². The van der Waals surface area contributed by atoms with Gasteiger partial charge in [0.1, 0.15) is 0 Å². The summed E-state index contributed by atoms with van der Waals surface area (Å²) in [6, 6.07) is 7.07. The molecule has 3 rings (SSSR count). The molecule has 3 N–H and O–H groups in total. The number of hydrogen-bond acceptors (Lipinski definition) is 2. The van der Waals surface area contributed by atoms with Crippen LogP contribution in [0.2, 0.25) is 0 Å². The molecule has 2 aliphatic rings. The molecular weight excluding hydrogens is 296 g/mol. The molecule has 3 heteroatoms. The quantitative estimate of drug-likeness (QED) is 0.889. The number of fused-ring (bicyclic) bond motifs is 2. The van der Waals surface area contributed by atoms with Gasteiger partial charge in [-0.3, -0.25) is 4.79 Å². The Bertz CT molecular complexity index is 584. The zero-order valence-corrected chi connectivity index (χ0v) is 15.3. The standard InChI is InChI=1S/C21H32N2O/c1-13-7-8-16(14(2)9-13)10-15(3)23-21(24)19-11-17-5-4-6-18(12-19)20(17)22/h7-9,15,17-20H,4-6,10-12,22H2,1-3H3,(H,23,24). The van der Waals surface area contributed by atoms with Crippen LogP contribution in [0.25, 0.3) is 0 Å². The lowest BCUT2D eigenvalue weighted by molar-refractivity contribution is -0.128. The highest BCUT2D eigenvalue weighted by molar-refractivity contribution is 5.79. The van der Waals surface area contributed by atoms with Gasteiger partial charge in [-0.1, -0.05) is 30.2 Å². The maximum absolute atomic E-state index is 12.7. The fraction of sp³-hybridized carbons (Fsp3) is 0.667. The van der Waals surface area contributed by atoms with Crippen LogP contribution in [-0.4, -0.2) is 18.0 Å². The second-order valence-electron chi connectivity index (χ2n) is 8.24. The molecule has 1 aromatic rings. The van der Waals surface area contributed by atoms with Crippen molar-refractivity contribution in [1.29, 1.82) is 0 Å². The average Bonchev–Trinajstić information content (AvgIpc) is 2.49. The number of benzene rings is 1. The number of carbonyl (C=O) groups excluding carboxylic acids is 1. The number of aryl methyl sites for hydroxylation is 2. The summed E-state index contributed by atoms with van der Waals surface area (Å²) in [6.45, 7) is 6.39. The van der Waals surface area contributed by atoms with Crippen molar-refractivity contribution in [2.45, 2.75) is 71.4 Å². The molecule has 0 radical (unpaired) electrons. The molecule has 0 aliphatic heterocycles. The normalized spacial score (nSPS) is 30.7. The first kappa shape index (κ1) is 17.5. The van der Waals surface area contributed by atoms with Gasteiger partial charge in [-0.05, 0) is 75.8 Å². The predicted octanol–water partition coefficient (Wildman–Crippen LogP) is 3.50. The molecule has 0 heterocycles. The predicted molar refractivity (Wildman–Crippen MR) is 98.8 cm³/mol. The van der Waals surface area contributed by atoms with Crippen LogP contribution in [0.5, 0.6) is 0 Å². The van der Waals surface area contributed by atoms with Crippen molar-refractivity contribution in [3.63, 3.8) is 0 Å². The van der Waals surface area contributed by atoms with Gasteiger partial charge < -0.3 is 11.1 Å². The Kier molecular flexibility index (Phi) is 5.29. The van der Waals surface area contributed by atoms with E-state index in [9.17, 15) is 4.79 Å². The minimum Gasteiger partial charge on any atom is -0.353 e. The van der Waals surface area contributed by atoms with Crippen molar-refractivity contribution in [3.8, 4) is 0 Å². The summed E-state index contributed by atoms with van der Waals surface area (Å²) < 4.78 is 0. The highest BCUT2D eigenvalue weighted by Crippen LogP contribution is 2.41. The van der Waals surface area contributed by atoms with E-state index in [0.717, 1.165) is 19.3 Å². The third-order valence-corrected chi connectivity index (χ3v) is 6.20. The van der Waals surface area contributed by atoms with Gasteiger partial charge in [0, 0.05) is 18.0 Å². The molecule has 24 heavy (non-hydrogen) atoms. The Hall–Kier alpha value is -1.35. The van der Waals surface area contributed by atoms with Crippen molar-refractivity contribution < 1.29 is 4.79 Å². The highest BCUT2D eigenvalue weighted by Gasteiger charge is 2.40. The molecule has 2 saturated carbocycles. The van der Waals surface area contributed by atoms with Crippen molar-refractivity contribution in [1.82, 2.24) is 5.32 Å². The van der Waals surface area contributed by atoms with Crippen LogP contribution in [0.1, 0.15) is 55.7 Å². The topological polar surface area (TPSA) is 55.1 Å². The summed E-state index contributed by atoms with van der Waals surface area (Å²) in [5.74, 6) is 1.53. The monoisotopic (exact) mass is 328 g/mol.